The fourth-order valence-electron chi connectivity index (χ4n) is 9.16. The maximum absolute atomic E-state index is 6.28. The molecule has 0 aliphatic rings. The third kappa shape index (κ3) is 6.09. The second kappa shape index (κ2) is 14.5. The van der Waals surface area contributed by atoms with Crippen LogP contribution < -0.4 is 4.90 Å². The van der Waals surface area contributed by atoms with Crippen molar-refractivity contribution >= 4 is 81.3 Å². The largest absolute Gasteiger partial charge is 0.456 e. The monoisotopic (exact) mass is 795 g/mol. The van der Waals surface area contributed by atoms with Gasteiger partial charge in [-0.1, -0.05) is 164 Å². The Bertz CT molecular complexity index is 3610. The molecule has 12 rings (SSSR count). The molecule has 0 amide bonds. The van der Waals surface area contributed by atoms with E-state index >= 15 is 0 Å². The van der Waals surface area contributed by atoms with E-state index in [9.17, 15) is 0 Å². The van der Waals surface area contributed by atoms with Crippen LogP contribution in [0.1, 0.15) is 0 Å². The molecule has 0 bridgehead atoms. The number of rotatable bonds is 7. The molecule has 0 N–H and O–H groups in total. The molecule has 0 spiro atoms. The van der Waals surface area contributed by atoms with Crippen molar-refractivity contribution in [2.24, 2.45) is 0 Å². The molecule has 0 aliphatic heterocycles. The van der Waals surface area contributed by atoms with Crippen molar-refractivity contribution in [3.05, 3.63) is 224 Å². The summed E-state index contributed by atoms with van der Waals surface area (Å²) in [6.07, 6.45) is 0. The first-order chi connectivity index (χ1) is 30.2. The molecule has 2 aromatic heterocycles. The third-order valence-electron chi connectivity index (χ3n) is 12.1. The lowest BCUT2D eigenvalue weighted by atomic mass is 9.95. The summed E-state index contributed by atoms with van der Waals surface area (Å²) in [4.78, 5) is 2.41. The van der Waals surface area contributed by atoms with Gasteiger partial charge in [0.1, 0.15) is 11.2 Å². The minimum Gasteiger partial charge on any atom is -0.456 e. The van der Waals surface area contributed by atoms with E-state index in [1.54, 1.807) is 0 Å². The molecule has 2 heterocycles. The van der Waals surface area contributed by atoms with Crippen LogP contribution in [0.4, 0.5) is 17.1 Å². The maximum atomic E-state index is 6.28. The Labute approximate surface area is 357 Å². The van der Waals surface area contributed by atoms with Crippen molar-refractivity contribution in [3.63, 3.8) is 0 Å². The van der Waals surface area contributed by atoms with Gasteiger partial charge in [0.2, 0.25) is 0 Å². The van der Waals surface area contributed by atoms with Gasteiger partial charge in [-0.15, -0.1) is 11.3 Å². The number of para-hydroxylation sites is 2. The van der Waals surface area contributed by atoms with Gasteiger partial charge in [0.15, 0.2) is 0 Å². The fraction of sp³-hybridized carbons (Fsp3) is 0. The summed E-state index contributed by atoms with van der Waals surface area (Å²) < 4.78 is 8.92. The Morgan fingerprint density at radius 1 is 0.328 bits per heavy atom. The summed E-state index contributed by atoms with van der Waals surface area (Å²) in [5.74, 6) is 0. The summed E-state index contributed by atoms with van der Waals surface area (Å²) >= 11 is 1.88. The normalized spacial score (nSPS) is 11.6. The van der Waals surface area contributed by atoms with Crippen LogP contribution in [-0.4, -0.2) is 0 Å². The zero-order valence-electron chi connectivity index (χ0n) is 33.1. The lowest BCUT2D eigenvalue weighted by molar-refractivity contribution is 0.669. The Kier molecular flexibility index (Phi) is 8.39. The maximum Gasteiger partial charge on any atom is 0.136 e. The summed E-state index contributed by atoms with van der Waals surface area (Å²) in [7, 11) is 0. The van der Waals surface area contributed by atoms with Crippen LogP contribution in [0.2, 0.25) is 0 Å². The van der Waals surface area contributed by atoms with Crippen molar-refractivity contribution in [3.8, 4) is 44.5 Å². The van der Waals surface area contributed by atoms with Gasteiger partial charge in [-0.2, -0.15) is 0 Å². The molecule has 0 fully saturated rings. The van der Waals surface area contributed by atoms with E-state index in [2.05, 4.69) is 217 Å². The van der Waals surface area contributed by atoms with Gasteiger partial charge in [-0.3, -0.25) is 0 Å². The minimum atomic E-state index is 0.898. The number of nitrogens with zero attached hydrogens (tertiary/aromatic N) is 1. The smallest absolute Gasteiger partial charge is 0.136 e. The van der Waals surface area contributed by atoms with Crippen LogP contribution in [0.25, 0.3) is 97.4 Å². The van der Waals surface area contributed by atoms with Crippen molar-refractivity contribution < 1.29 is 4.42 Å². The number of benzene rings is 10. The van der Waals surface area contributed by atoms with Crippen LogP contribution in [0.15, 0.2) is 229 Å². The van der Waals surface area contributed by atoms with E-state index in [0.717, 1.165) is 55.7 Å². The standard InChI is InChI=1S/C58H37NOS/c1-2-19-46-39(13-1)14-11-24-48(46)49-20-3-6-26-54(49)59(44-32-29-38(30-33-44)42-31-34-51-50-21-4-7-27-55(50)60-56(51)37-42)45-18-10-16-41(36-45)40-15-9-17-43(35-40)47-23-12-25-53-52-22-5-8-28-57(52)61-58(47)53/h1-37H. The highest BCUT2D eigenvalue weighted by Crippen LogP contribution is 2.45. The highest BCUT2D eigenvalue weighted by Gasteiger charge is 2.20. The number of hydrogen-bond donors (Lipinski definition) is 0. The van der Waals surface area contributed by atoms with Crippen LogP contribution in [-0.2, 0) is 0 Å². The second-order valence-corrected chi connectivity index (χ2v) is 16.7. The van der Waals surface area contributed by atoms with Crippen molar-refractivity contribution in [2.75, 3.05) is 4.90 Å². The predicted molar refractivity (Wildman–Crippen MR) is 261 cm³/mol. The SMILES string of the molecule is c1cc(-c2cccc(N(c3ccc(-c4ccc5c(c4)oc4ccccc45)cc3)c3ccccc3-c3cccc4ccccc34)c2)cc(-c2cccc3c2sc2ccccc23)c1. The van der Waals surface area contributed by atoms with Gasteiger partial charge < -0.3 is 9.32 Å². The van der Waals surface area contributed by atoms with Gasteiger partial charge in [0.05, 0.1) is 5.69 Å². The zero-order chi connectivity index (χ0) is 40.3. The predicted octanol–water partition coefficient (Wildman–Crippen LogP) is 17.2. The van der Waals surface area contributed by atoms with Crippen LogP contribution in [0, 0.1) is 0 Å². The van der Waals surface area contributed by atoms with Crippen molar-refractivity contribution in [2.45, 2.75) is 0 Å². The van der Waals surface area contributed by atoms with Gasteiger partial charge in [0.25, 0.3) is 0 Å². The Hall–Kier alpha value is -7.72. The zero-order valence-corrected chi connectivity index (χ0v) is 33.9. The van der Waals surface area contributed by atoms with Gasteiger partial charge in [-0.25, -0.2) is 0 Å². The summed E-state index contributed by atoms with van der Waals surface area (Å²) in [5, 5.41) is 7.36. The molecule has 2 nitrogen and oxygen atoms in total. The second-order valence-electron chi connectivity index (χ2n) is 15.6. The number of thiophene rings is 1. The lowest BCUT2D eigenvalue weighted by Gasteiger charge is -2.29. The summed E-state index contributed by atoms with van der Waals surface area (Å²) in [6.45, 7) is 0. The highest BCUT2D eigenvalue weighted by molar-refractivity contribution is 7.26. The summed E-state index contributed by atoms with van der Waals surface area (Å²) in [6, 6.07) is 81.3. The first-order valence-electron chi connectivity index (χ1n) is 20.7. The van der Waals surface area contributed by atoms with E-state index < -0.39 is 0 Å². The van der Waals surface area contributed by atoms with Gasteiger partial charge >= 0.3 is 0 Å². The molecule has 0 radical (unpaired) electrons. The first kappa shape index (κ1) is 35.2. The number of anilines is 3. The van der Waals surface area contributed by atoms with Crippen LogP contribution in [0.5, 0.6) is 0 Å². The lowest BCUT2D eigenvalue weighted by Crippen LogP contribution is -2.11. The number of furan rings is 1. The quantitative estimate of drug-likeness (QED) is 0.160. The molecular formula is C58H37NOS. The van der Waals surface area contributed by atoms with E-state index in [0.29, 0.717) is 0 Å². The fourth-order valence-corrected chi connectivity index (χ4v) is 10.4. The molecule has 0 saturated heterocycles. The Morgan fingerprint density at radius 3 is 1.85 bits per heavy atom. The van der Waals surface area contributed by atoms with E-state index in [4.69, 9.17) is 4.42 Å². The molecule has 286 valence electrons. The summed E-state index contributed by atoms with van der Waals surface area (Å²) in [5.41, 5.74) is 14.5. The molecule has 12 aromatic rings. The molecular weight excluding hydrogens is 759 g/mol. The molecule has 10 aromatic carbocycles. The topological polar surface area (TPSA) is 16.4 Å². The molecule has 61 heavy (non-hydrogen) atoms. The van der Waals surface area contributed by atoms with E-state index in [-0.39, 0.29) is 0 Å². The molecule has 0 saturated carbocycles. The van der Waals surface area contributed by atoms with E-state index in [1.807, 2.05) is 23.5 Å². The van der Waals surface area contributed by atoms with Crippen molar-refractivity contribution in [1.82, 2.24) is 0 Å². The van der Waals surface area contributed by atoms with Crippen LogP contribution in [0.3, 0.4) is 0 Å². The minimum absolute atomic E-state index is 0.898. The third-order valence-corrected chi connectivity index (χ3v) is 13.3. The van der Waals surface area contributed by atoms with Crippen molar-refractivity contribution in [1.29, 1.82) is 0 Å². The molecule has 0 unspecified atom stereocenters. The van der Waals surface area contributed by atoms with Gasteiger partial charge in [-0.05, 0) is 110 Å². The van der Waals surface area contributed by atoms with Crippen LogP contribution >= 0.6 is 11.3 Å². The molecule has 0 aliphatic carbocycles. The molecule has 3 heteroatoms. The number of fused-ring (bicyclic) bond motifs is 7. The Morgan fingerprint density at radius 2 is 0.934 bits per heavy atom. The average Bonchev–Trinajstić information content (AvgIpc) is 3.90. The number of hydrogen-bond acceptors (Lipinski definition) is 3. The highest BCUT2D eigenvalue weighted by atomic mass is 32.1. The average molecular weight is 796 g/mol. The first-order valence-corrected chi connectivity index (χ1v) is 21.6. The Balaban J connectivity index is 0.986. The van der Waals surface area contributed by atoms with Gasteiger partial charge in [0, 0.05) is 47.9 Å². The molecule has 0 atom stereocenters. The van der Waals surface area contributed by atoms with E-state index in [1.165, 1.54) is 58.8 Å².